The number of ether oxygens (including phenoxy) is 1. The van der Waals surface area contributed by atoms with E-state index in [1.54, 1.807) is 0 Å². The number of hydrogen-bond acceptors (Lipinski definition) is 3. The maximum Gasteiger partial charge on any atom is 0.0900 e. The van der Waals surface area contributed by atoms with Gasteiger partial charge in [0.2, 0.25) is 0 Å². The van der Waals surface area contributed by atoms with Crippen molar-refractivity contribution in [2.45, 2.75) is 45.3 Å². The van der Waals surface area contributed by atoms with Crippen LogP contribution in [0.25, 0.3) is 0 Å². The fraction of sp³-hybridized carbons (Fsp3) is 1.00. The highest BCUT2D eigenvalue weighted by atomic mass is 16.5. The first-order valence-electron chi connectivity index (χ1n) is 5.52. The Hall–Kier alpha value is -0.120. The van der Waals surface area contributed by atoms with Crippen molar-refractivity contribution < 1.29 is 9.84 Å². The van der Waals surface area contributed by atoms with E-state index in [2.05, 4.69) is 4.90 Å². The minimum Gasteiger partial charge on any atom is -0.389 e. The minimum absolute atomic E-state index is 0.147. The zero-order valence-corrected chi connectivity index (χ0v) is 9.62. The zero-order valence-electron chi connectivity index (χ0n) is 9.62. The smallest absolute Gasteiger partial charge is 0.0900 e. The molecule has 1 atom stereocenters. The topological polar surface area (TPSA) is 32.7 Å². The largest absolute Gasteiger partial charge is 0.389 e. The van der Waals surface area contributed by atoms with E-state index in [-0.39, 0.29) is 11.7 Å². The van der Waals surface area contributed by atoms with E-state index in [9.17, 15) is 5.11 Å². The van der Waals surface area contributed by atoms with Crippen molar-refractivity contribution >= 4 is 0 Å². The second-order valence-corrected chi connectivity index (χ2v) is 5.08. The van der Waals surface area contributed by atoms with Crippen molar-refractivity contribution in [2.75, 3.05) is 26.2 Å². The highest BCUT2D eigenvalue weighted by molar-refractivity contribution is 4.71. The first kappa shape index (κ1) is 12.0. The molecule has 1 aliphatic heterocycles. The Morgan fingerprint density at radius 2 is 1.86 bits per heavy atom. The van der Waals surface area contributed by atoms with Gasteiger partial charge in [-0.2, -0.15) is 0 Å². The van der Waals surface area contributed by atoms with E-state index < -0.39 is 0 Å². The molecule has 84 valence electrons. The van der Waals surface area contributed by atoms with Crippen molar-refractivity contribution in [1.82, 2.24) is 4.90 Å². The maximum absolute atomic E-state index is 9.71. The van der Waals surface area contributed by atoms with E-state index in [1.165, 1.54) is 12.8 Å². The van der Waals surface area contributed by atoms with Crippen molar-refractivity contribution in [3.8, 4) is 0 Å². The molecule has 3 heteroatoms. The van der Waals surface area contributed by atoms with Crippen LogP contribution in [0.4, 0.5) is 0 Å². The summed E-state index contributed by atoms with van der Waals surface area (Å²) >= 11 is 0. The standard InChI is InChI=1S/C11H23NO2/c1-11(2,3)14-9-10(13)8-12-6-4-5-7-12/h10,13H,4-9H2,1-3H3/t10-/m1/s1. The third-order valence-corrected chi connectivity index (χ3v) is 2.38. The van der Waals surface area contributed by atoms with Crippen LogP contribution in [0.5, 0.6) is 0 Å². The Labute approximate surface area is 87.1 Å². The van der Waals surface area contributed by atoms with E-state index in [4.69, 9.17) is 4.74 Å². The molecule has 0 radical (unpaired) electrons. The van der Waals surface area contributed by atoms with Gasteiger partial charge in [0.25, 0.3) is 0 Å². The number of hydrogen-bond donors (Lipinski definition) is 1. The van der Waals surface area contributed by atoms with Gasteiger partial charge in [-0.1, -0.05) is 0 Å². The summed E-state index contributed by atoms with van der Waals surface area (Å²) < 4.78 is 5.52. The van der Waals surface area contributed by atoms with Gasteiger partial charge in [0.1, 0.15) is 0 Å². The minimum atomic E-state index is -0.340. The molecule has 0 bridgehead atoms. The van der Waals surface area contributed by atoms with E-state index >= 15 is 0 Å². The van der Waals surface area contributed by atoms with Crippen molar-refractivity contribution in [1.29, 1.82) is 0 Å². The van der Waals surface area contributed by atoms with Gasteiger partial charge in [-0.3, -0.25) is 0 Å². The van der Waals surface area contributed by atoms with Crippen LogP contribution in [-0.4, -0.2) is 48.0 Å². The van der Waals surface area contributed by atoms with E-state index in [0.29, 0.717) is 6.61 Å². The average molecular weight is 201 g/mol. The summed E-state index contributed by atoms with van der Waals surface area (Å²) in [7, 11) is 0. The molecule has 0 aliphatic carbocycles. The molecule has 3 nitrogen and oxygen atoms in total. The quantitative estimate of drug-likeness (QED) is 0.743. The number of rotatable bonds is 4. The van der Waals surface area contributed by atoms with Crippen LogP contribution in [0.2, 0.25) is 0 Å². The van der Waals surface area contributed by atoms with Crippen molar-refractivity contribution in [3.05, 3.63) is 0 Å². The molecule has 0 spiro atoms. The van der Waals surface area contributed by atoms with Crippen LogP contribution in [-0.2, 0) is 4.74 Å². The summed E-state index contributed by atoms with van der Waals surface area (Å²) in [6.45, 7) is 9.50. The number of nitrogens with zero attached hydrogens (tertiary/aromatic N) is 1. The lowest BCUT2D eigenvalue weighted by Gasteiger charge is -2.24. The molecule has 1 rings (SSSR count). The van der Waals surface area contributed by atoms with Crippen LogP contribution >= 0.6 is 0 Å². The van der Waals surface area contributed by atoms with E-state index in [0.717, 1.165) is 19.6 Å². The van der Waals surface area contributed by atoms with Gasteiger partial charge in [-0.15, -0.1) is 0 Å². The lowest BCUT2D eigenvalue weighted by Crippen LogP contribution is -2.35. The molecule has 1 aliphatic rings. The zero-order chi connectivity index (χ0) is 10.6. The molecule has 1 fully saturated rings. The summed E-state index contributed by atoms with van der Waals surface area (Å²) in [5.74, 6) is 0. The van der Waals surface area contributed by atoms with Crippen molar-refractivity contribution in [2.24, 2.45) is 0 Å². The van der Waals surface area contributed by atoms with Crippen LogP contribution in [0, 0.1) is 0 Å². The lowest BCUT2D eigenvalue weighted by molar-refractivity contribution is -0.0547. The molecule has 0 aromatic heterocycles. The molecule has 0 unspecified atom stereocenters. The van der Waals surface area contributed by atoms with Gasteiger partial charge < -0.3 is 14.7 Å². The summed E-state index contributed by atoms with van der Waals surface area (Å²) in [4.78, 5) is 2.30. The molecular formula is C11H23NO2. The molecule has 0 aromatic rings. The molecule has 0 aromatic carbocycles. The number of β-amino-alcohol motifs (C(OH)–C–C–N with tert-alkyl or cyclic N) is 1. The first-order valence-corrected chi connectivity index (χ1v) is 5.52. The van der Waals surface area contributed by atoms with Crippen LogP contribution in [0.1, 0.15) is 33.6 Å². The number of aliphatic hydroxyl groups is 1. The van der Waals surface area contributed by atoms with Gasteiger partial charge in [-0.25, -0.2) is 0 Å². The fourth-order valence-corrected chi connectivity index (χ4v) is 1.66. The normalized spacial score (nSPS) is 21.4. The molecule has 14 heavy (non-hydrogen) atoms. The SMILES string of the molecule is CC(C)(C)OC[C@H](O)CN1CCCC1. The Morgan fingerprint density at radius 3 is 2.36 bits per heavy atom. The first-order chi connectivity index (χ1) is 6.47. The third kappa shape index (κ3) is 4.94. The van der Waals surface area contributed by atoms with Gasteiger partial charge in [0.05, 0.1) is 18.3 Å². The lowest BCUT2D eigenvalue weighted by atomic mass is 10.2. The van der Waals surface area contributed by atoms with Gasteiger partial charge in [0, 0.05) is 6.54 Å². The summed E-state index contributed by atoms with van der Waals surface area (Å²) in [5.41, 5.74) is -0.147. The second-order valence-electron chi connectivity index (χ2n) is 5.08. The van der Waals surface area contributed by atoms with Crippen molar-refractivity contribution in [3.63, 3.8) is 0 Å². The molecule has 1 saturated heterocycles. The Balaban J connectivity index is 2.12. The number of likely N-dealkylation sites (tertiary alicyclic amines) is 1. The Kier molecular flexibility index (Phi) is 4.35. The molecule has 1 N–H and O–H groups in total. The van der Waals surface area contributed by atoms with Gasteiger partial charge in [-0.05, 0) is 46.7 Å². The Morgan fingerprint density at radius 1 is 1.29 bits per heavy atom. The predicted molar refractivity (Wildman–Crippen MR) is 57.4 cm³/mol. The van der Waals surface area contributed by atoms with Crippen LogP contribution in [0.3, 0.4) is 0 Å². The predicted octanol–water partition coefficient (Wildman–Crippen LogP) is 1.26. The maximum atomic E-state index is 9.71. The molecule has 0 amide bonds. The third-order valence-electron chi connectivity index (χ3n) is 2.38. The monoisotopic (exact) mass is 201 g/mol. The summed E-state index contributed by atoms with van der Waals surface area (Å²) in [6, 6.07) is 0. The summed E-state index contributed by atoms with van der Waals surface area (Å²) in [6.07, 6.45) is 2.20. The molecular weight excluding hydrogens is 178 g/mol. The summed E-state index contributed by atoms with van der Waals surface area (Å²) in [5, 5.41) is 9.71. The van der Waals surface area contributed by atoms with Gasteiger partial charge in [0.15, 0.2) is 0 Å². The van der Waals surface area contributed by atoms with Crippen LogP contribution in [0.15, 0.2) is 0 Å². The molecule has 0 saturated carbocycles. The fourth-order valence-electron chi connectivity index (χ4n) is 1.66. The van der Waals surface area contributed by atoms with Crippen LogP contribution < -0.4 is 0 Å². The van der Waals surface area contributed by atoms with E-state index in [1.807, 2.05) is 20.8 Å². The molecule has 1 heterocycles. The average Bonchev–Trinajstić information content (AvgIpc) is 2.52. The Bertz CT molecular complexity index is 159. The number of aliphatic hydroxyl groups excluding tert-OH is 1. The van der Waals surface area contributed by atoms with Gasteiger partial charge >= 0.3 is 0 Å². The highest BCUT2D eigenvalue weighted by Gasteiger charge is 2.18. The highest BCUT2D eigenvalue weighted by Crippen LogP contribution is 2.10. The second kappa shape index (κ2) is 5.10.